The van der Waals surface area contributed by atoms with Gasteiger partial charge in [-0.25, -0.2) is 4.39 Å². The predicted octanol–water partition coefficient (Wildman–Crippen LogP) is 2.04. The van der Waals surface area contributed by atoms with Crippen molar-refractivity contribution in [1.82, 2.24) is 10.3 Å². The highest BCUT2D eigenvalue weighted by atomic mass is 19.1. The molecule has 1 atom stereocenters. The molecule has 1 aromatic heterocycles. The number of rotatable bonds is 5. The summed E-state index contributed by atoms with van der Waals surface area (Å²) in [5.74, 6) is -0.358. The first-order valence-corrected chi connectivity index (χ1v) is 7.28. The molecule has 21 heavy (non-hydrogen) atoms. The molecule has 3 N–H and O–H groups in total. The second-order valence-electron chi connectivity index (χ2n) is 5.55. The van der Waals surface area contributed by atoms with Crippen LogP contribution in [-0.4, -0.2) is 27.8 Å². The van der Waals surface area contributed by atoms with E-state index in [0.717, 1.165) is 18.2 Å². The molecule has 1 aliphatic rings. The highest BCUT2D eigenvalue weighted by Gasteiger charge is 2.20. The largest absolute Gasteiger partial charge is 0.393 e. The van der Waals surface area contributed by atoms with Gasteiger partial charge >= 0.3 is 0 Å². The Balaban J connectivity index is 2.01. The number of aliphatic hydroxyl groups is 2. The first kappa shape index (κ1) is 14.4. The minimum atomic E-state index is -1.10. The van der Waals surface area contributed by atoms with Gasteiger partial charge in [-0.15, -0.1) is 0 Å². The van der Waals surface area contributed by atoms with Crippen LogP contribution in [-0.2, 0) is 6.54 Å². The van der Waals surface area contributed by atoms with Crippen LogP contribution in [0.15, 0.2) is 24.5 Å². The number of pyridine rings is 1. The number of fused-ring (bicyclic) bond motifs is 1. The molecule has 1 fully saturated rings. The predicted molar refractivity (Wildman–Crippen MR) is 78.2 cm³/mol. The molecule has 0 spiro atoms. The summed E-state index contributed by atoms with van der Waals surface area (Å²) in [4.78, 5) is 4.05. The summed E-state index contributed by atoms with van der Waals surface area (Å²) in [6.45, 7) is 0.0234. The molecule has 3 rings (SSSR count). The van der Waals surface area contributed by atoms with Crippen LogP contribution < -0.4 is 5.32 Å². The molecule has 4 nitrogen and oxygen atoms in total. The molecule has 0 bridgehead atoms. The van der Waals surface area contributed by atoms with E-state index >= 15 is 0 Å². The van der Waals surface area contributed by atoms with Crippen LogP contribution in [0.25, 0.3) is 10.8 Å². The zero-order chi connectivity index (χ0) is 14.8. The molecule has 2 aromatic rings. The van der Waals surface area contributed by atoms with Gasteiger partial charge in [0.25, 0.3) is 0 Å². The van der Waals surface area contributed by atoms with E-state index < -0.39 is 12.7 Å². The van der Waals surface area contributed by atoms with Gasteiger partial charge in [-0.1, -0.05) is 6.42 Å². The summed E-state index contributed by atoms with van der Waals surface area (Å²) in [5, 5.41) is 23.7. The zero-order valence-corrected chi connectivity index (χ0v) is 11.7. The fraction of sp³-hybridized carbons (Fsp3) is 0.438. The molecule has 5 heteroatoms. The van der Waals surface area contributed by atoms with Crippen molar-refractivity contribution in [2.75, 3.05) is 6.61 Å². The number of aromatic nitrogens is 1. The third kappa shape index (κ3) is 2.77. The van der Waals surface area contributed by atoms with Crippen molar-refractivity contribution in [3.05, 3.63) is 41.5 Å². The molecule has 1 aromatic carbocycles. The lowest BCUT2D eigenvalue weighted by molar-refractivity contribution is 0.0964. The normalized spacial score (nSPS) is 16.9. The van der Waals surface area contributed by atoms with E-state index in [0.29, 0.717) is 29.1 Å². The Hall–Kier alpha value is -1.56. The van der Waals surface area contributed by atoms with Crippen molar-refractivity contribution in [3.63, 3.8) is 0 Å². The highest BCUT2D eigenvalue weighted by Crippen LogP contribution is 2.29. The van der Waals surface area contributed by atoms with Gasteiger partial charge in [0.2, 0.25) is 0 Å². The highest BCUT2D eigenvalue weighted by molar-refractivity contribution is 5.88. The number of hydrogen-bond acceptors (Lipinski definition) is 4. The maximum Gasteiger partial charge on any atom is 0.128 e. The minimum Gasteiger partial charge on any atom is -0.393 e. The molecule has 0 aliphatic heterocycles. The van der Waals surface area contributed by atoms with Crippen LogP contribution in [0, 0.1) is 5.82 Å². The van der Waals surface area contributed by atoms with Crippen molar-refractivity contribution in [3.8, 4) is 0 Å². The lowest BCUT2D eigenvalue weighted by Gasteiger charge is -2.27. The smallest absolute Gasteiger partial charge is 0.128 e. The Bertz CT molecular complexity index is 643. The molecular formula is C16H19FN2O2. The van der Waals surface area contributed by atoms with Gasteiger partial charge in [0.1, 0.15) is 11.9 Å². The Labute approximate surface area is 122 Å². The van der Waals surface area contributed by atoms with Crippen LogP contribution >= 0.6 is 0 Å². The van der Waals surface area contributed by atoms with Crippen LogP contribution in [0.3, 0.4) is 0 Å². The molecule has 1 saturated carbocycles. The van der Waals surface area contributed by atoms with Gasteiger partial charge in [-0.2, -0.15) is 0 Å². The first-order chi connectivity index (χ1) is 10.2. The Morgan fingerprint density at radius 1 is 1.38 bits per heavy atom. The van der Waals surface area contributed by atoms with Crippen molar-refractivity contribution >= 4 is 10.8 Å². The molecule has 112 valence electrons. The fourth-order valence-electron chi connectivity index (χ4n) is 2.73. The van der Waals surface area contributed by atoms with E-state index in [1.165, 1.54) is 12.5 Å². The maximum atomic E-state index is 14.4. The Morgan fingerprint density at radius 3 is 2.86 bits per heavy atom. The number of benzene rings is 1. The summed E-state index contributed by atoms with van der Waals surface area (Å²) in [7, 11) is 0. The molecule has 0 amide bonds. The Kier molecular flexibility index (Phi) is 4.14. The van der Waals surface area contributed by atoms with Gasteiger partial charge in [-0.05, 0) is 35.9 Å². The zero-order valence-electron chi connectivity index (χ0n) is 11.7. The lowest BCUT2D eigenvalue weighted by atomic mass is 9.92. The second kappa shape index (κ2) is 6.05. The topological polar surface area (TPSA) is 65.4 Å². The monoisotopic (exact) mass is 290 g/mol. The van der Waals surface area contributed by atoms with Gasteiger partial charge in [0, 0.05) is 35.9 Å². The van der Waals surface area contributed by atoms with Crippen LogP contribution in [0.1, 0.15) is 36.5 Å². The van der Waals surface area contributed by atoms with Crippen molar-refractivity contribution < 1.29 is 14.6 Å². The van der Waals surface area contributed by atoms with E-state index in [4.69, 9.17) is 5.11 Å². The van der Waals surface area contributed by atoms with E-state index in [9.17, 15) is 9.50 Å². The summed E-state index contributed by atoms with van der Waals surface area (Å²) in [6.07, 6.45) is 5.64. The molecule has 1 aliphatic carbocycles. The maximum absolute atomic E-state index is 14.4. The quantitative estimate of drug-likeness (QED) is 0.788. The summed E-state index contributed by atoms with van der Waals surface area (Å²) < 4.78 is 14.4. The van der Waals surface area contributed by atoms with Gasteiger partial charge in [0.05, 0.1) is 6.61 Å². The number of hydrogen-bond donors (Lipinski definition) is 3. The van der Waals surface area contributed by atoms with Gasteiger partial charge in [0.15, 0.2) is 0 Å². The number of nitrogens with one attached hydrogen (secondary N) is 1. The number of halogens is 1. The fourth-order valence-corrected chi connectivity index (χ4v) is 2.73. The standard InChI is InChI=1S/C16H19FN2O2/c17-15-6-12(16(21)9-20)13-7-18-5-4-11(13)14(15)8-19-10-2-1-3-10/h4-7,10,16,19-21H,1-3,8-9H2. The number of aliphatic hydroxyl groups excluding tert-OH is 2. The van der Waals surface area contributed by atoms with Crippen LogP contribution in [0.4, 0.5) is 4.39 Å². The first-order valence-electron chi connectivity index (χ1n) is 7.28. The van der Waals surface area contributed by atoms with Crippen LogP contribution in [0.5, 0.6) is 0 Å². The van der Waals surface area contributed by atoms with Crippen LogP contribution in [0.2, 0.25) is 0 Å². The molecular weight excluding hydrogens is 271 g/mol. The van der Waals surface area contributed by atoms with Crippen molar-refractivity contribution in [2.24, 2.45) is 0 Å². The summed E-state index contributed by atoms with van der Waals surface area (Å²) in [5.41, 5.74) is 0.971. The number of nitrogens with zero attached hydrogens (tertiary/aromatic N) is 1. The minimum absolute atomic E-state index is 0.358. The SMILES string of the molecule is OCC(O)c1cc(F)c(CNC2CCC2)c2ccncc12. The van der Waals surface area contributed by atoms with E-state index in [2.05, 4.69) is 10.3 Å². The molecule has 0 saturated heterocycles. The van der Waals surface area contributed by atoms with Gasteiger partial charge in [-0.3, -0.25) is 4.98 Å². The molecule has 0 radical (unpaired) electrons. The average Bonchev–Trinajstić information content (AvgIpc) is 2.46. The average molecular weight is 290 g/mol. The van der Waals surface area contributed by atoms with Crippen molar-refractivity contribution in [1.29, 1.82) is 0 Å². The van der Waals surface area contributed by atoms with E-state index in [1.54, 1.807) is 18.5 Å². The second-order valence-corrected chi connectivity index (χ2v) is 5.55. The lowest BCUT2D eigenvalue weighted by Crippen LogP contribution is -2.34. The Morgan fingerprint density at radius 2 is 2.19 bits per heavy atom. The van der Waals surface area contributed by atoms with Crippen molar-refractivity contribution in [2.45, 2.75) is 38.0 Å². The third-order valence-electron chi connectivity index (χ3n) is 4.23. The summed E-state index contributed by atoms with van der Waals surface area (Å²) >= 11 is 0. The van der Waals surface area contributed by atoms with Gasteiger partial charge < -0.3 is 15.5 Å². The molecule has 1 heterocycles. The third-order valence-corrected chi connectivity index (χ3v) is 4.23. The molecule has 1 unspecified atom stereocenters. The van der Waals surface area contributed by atoms with E-state index in [-0.39, 0.29) is 5.82 Å². The van der Waals surface area contributed by atoms with E-state index in [1.807, 2.05) is 0 Å². The summed E-state index contributed by atoms with van der Waals surface area (Å²) in [6, 6.07) is 3.54.